The number of hydrogen-bond acceptors (Lipinski definition) is 4. The molecule has 0 aromatic carbocycles. The van der Waals surface area contributed by atoms with Crippen molar-refractivity contribution in [2.75, 3.05) is 6.61 Å². The van der Waals surface area contributed by atoms with Gasteiger partial charge in [0.15, 0.2) is 0 Å². The molecule has 0 aliphatic rings. The molecule has 0 saturated carbocycles. The van der Waals surface area contributed by atoms with Crippen molar-refractivity contribution >= 4 is 11.9 Å². The Kier molecular flexibility index (Phi) is 9.92. The van der Waals surface area contributed by atoms with Gasteiger partial charge in [-0.15, -0.1) is 0 Å². The highest BCUT2D eigenvalue weighted by Crippen LogP contribution is 2.06. The standard InChI is InChI=1S/C12H19NO4/c13-9-5-6-10-17-12(16)8-4-2-1-3-7-11(14)15/h1-8,10H2,(H,14,15). The quantitative estimate of drug-likeness (QED) is 0.468. The molecule has 1 N–H and O–H groups in total. The Morgan fingerprint density at radius 2 is 1.71 bits per heavy atom. The molecule has 96 valence electrons. The molecule has 0 aromatic heterocycles. The molecule has 17 heavy (non-hydrogen) atoms. The van der Waals surface area contributed by atoms with E-state index in [1.165, 1.54) is 0 Å². The summed E-state index contributed by atoms with van der Waals surface area (Å²) in [6.07, 6.45) is 4.62. The van der Waals surface area contributed by atoms with E-state index in [0.29, 0.717) is 32.3 Å². The van der Waals surface area contributed by atoms with E-state index in [0.717, 1.165) is 19.3 Å². The number of carbonyl (C=O) groups is 2. The third-order valence-electron chi connectivity index (χ3n) is 2.22. The van der Waals surface area contributed by atoms with Gasteiger partial charge in [-0.2, -0.15) is 5.26 Å². The molecule has 0 aliphatic heterocycles. The van der Waals surface area contributed by atoms with Crippen LogP contribution < -0.4 is 0 Å². The van der Waals surface area contributed by atoms with E-state index in [-0.39, 0.29) is 12.4 Å². The summed E-state index contributed by atoms with van der Waals surface area (Å²) in [4.78, 5) is 21.4. The summed E-state index contributed by atoms with van der Waals surface area (Å²) >= 11 is 0. The largest absolute Gasteiger partial charge is 0.481 e. The molecule has 0 unspecified atom stereocenters. The molecule has 0 fully saturated rings. The van der Waals surface area contributed by atoms with Crippen LogP contribution in [0.4, 0.5) is 0 Å². The van der Waals surface area contributed by atoms with Gasteiger partial charge < -0.3 is 9.84 Å². The second-order valence-corrected chi connectivity index (χ2v) is 3.79. The number of unbranched alkanes of at least 4 members (excludes halogenated alkanes) is 4. The minimum Gasteiger partial charge on any atom is -0.481 e. The summed E-state index contributed by atoms with van der Waals surface area (Å²) in [5.41, 5.74) is 0. The second kappa shape index (κ2) is 10.9. The Morgan fingerprint density at radius 1 is 1.06 bits per heavy atom. The van der Waals surface area contributed by atoms with Crippen LogP contribution in [-0.2, 0) is 14.3 Å². The highest BCUT2D eigenvalue weighted by molar-refractivity contribution is 5.69. The summed E-state index contributed by atoms with van der Waals surface area (Å²) in [6.45, 7) is 0.311. The Labute approximate surface area is 101 Å². The lowest BCUT2D eigenvalue weighted by Crippen LogP contribution is -2.05. The minimum atomic E-state index is -0.776. The molecule has 0 aliphatic carbocycles. The lowest BCUT2D eigenvalue weighted by molar-refractivity contribution is -0.144. The van der Waals surface area contributed by atoms with E-state index < -0.39 is 5.97 Å². The van der Waals surface area contributed by atoms with Crippen LogP contribution in [0.3, 0.4) is 0 Å². The summed E-state index contributed by atoms with van der Waals surface area (Å²) in [7, 11) is 0. The molecular formula is C12H19NO4. The maximum atomic E-state index is 11.1. The van der Waals surface area contributed by atoms with Gasteiger partial charge in [-0.3, -0.25) is 9.59 Å². The van der Waals surface area contributed by atoms with E-state index >= 15 is 0 Å². The monoisotopic (exact) mass is 241 g/mol. The highest BCUT2D eigenvalue weighted by atomic mass is 16.5. The number of rotatable bonds is 10. The number of carboxylic acid groups (broad SMARTS) is 1. The SMILES string of the molecule is N#CCCCOC(=O)CCCCCCC(=O)O. The smallest absolute Gasteiger partial charge is 0.305 e. The molecule has 0 heterocycles. The van der Waals surface area contributed by atoms with Crippen molar-refractivity contribution in [3.8, 4) is 6.07 Å². The number of hydrogen-bond donors (Lipinski definition) is 1. The lowest BCUT2D eigenvalue weighted by atomic mass is 10.1. The van der Waals surface area contributed by atoms with Gasteiger partial charge in [0.05, 0.1) is 12.7 Å². The summed E-state index contributed by atoms with van der Waals surface area (Å²) in [5, 5.41) is 16.7. The predicted octanol–water partition coefficient (Wildman–Crippen LogP) is 2.26. The van der Waals surface area contributed by atoms with Gasteiger partial charge in [-0.05, 0) is 19.3 Å². The zero-order valence-corrected chi connectivity index (χ0v) is 9.98. The molecule has 0 radical (unpaired) electrons. The van der Waals surface area contributed by atoms with Crippen LogP contribution in [0.15, 0.2) is 0 Å². The Hall–Kier alpha value is -1.57. The zero-order chi connectivity index (χ0) is 12.9. The fourth-order valence-corrected chi connectivity index (χ4v) is 1.31. The average molecular weight is 241 g/mol. The van der Waals surface area contributed by atoms with Crippen LogP contribution >= 0.6 is 0 Å². The predicted molar refractivity (Wildman–Crippen MR) is 61.1 cm³/mol. The third-order valence-corrected chi connectivity index (χ3v) is 2.22. The second-order valence-electron chi connectivity index (χ2n) is 3.79. The maximum absolute atomic E-state index is 11.1. The Balaban J connectivity index is 3.22. The molecule has 0 amide bonds. The van der Waals surface area contributed by atoms with Crippen LogP contribution in [0.1, 0.15) is 51.4 Å². The van der Waals surface area contributed by atoms with Gasteiger partial charge in [0, 0.05) is 19.3 Å². The van der Waals surface area contributed by atoms with Crippen LogP contribution in [0.2, 0.25) is 0 Å². The number of carboxylic acids is 1. The third kappa shape index (κ3) is 12.4. The fraction of sp³-hybridized carbons (Fsp3) is 0.750. The number of esters is 1. The summed E-state index contributed by atoms with van der Waals surface area (Å²) in [5.74, 6) is -1.01. The van der Waals surface area contributed by atoms with E-state index in [2.05, 4.69) is 0 Å². The first kappa shape index (κ1) is 15.4. The molecule has 0 rings (SSSR count). The Morgan fingerprint density at radius 3 is 2.29 bits per heavy atom. The van der Waals surface area contributed by atoms with Gasteiger partial charge in [-0.25, -0.2) is 0 Å². The van der Waals surface area contributed by atoms with Crippen molar-refractivity contribution in [3.05, 3.63) is 0 Å². The van der Waals surface area contributed by atoms with Crippen LogP contribution in [0.5, 0.6) is 0 Å². The van der Waals surface area contributed by atoms with Crippen molar-refractivity contribution in [1.82, 2.24) is 0 Å². The van der Waals surface area contributed by atoms with Gasteiger partial charge in [0.25, 0.3) is 0 Å². The molecule has 5 nitrogen and oxygen atoms in total. The molecule has 0 aromatic rings. The number of ether oxygens (including phenoxy) is 1. The highest BCUT2D eigenvalue weighted by Gasteiger charge is 2.02. The zero-order valence-electron chi connectivity index (χ0n) is 9.98. The first-order valence-corrected chi connectivity index (χ1v) is 5.91. The van der Waals surface area contributed by atoms with Crippen LogP contribution in [0.25, 0.3) is 0 Å². The van der Waals surface area contributed by atoms with Gasteiger partial charge in [0.2, 0.25) is 0 Å². The number of carbonyl (C=O) groups excluding carboxylic acids is 1. The molecule has 0 atom stereocenters. The van der Waals surface area contributed by atoms with E-state index in [1.54, 1.807) is 0 Å². The normalized spacial score (nSPS) is 9.59. The van der Waals surface area contributed by atoms with Crippen molar-refractivity contribution < 1.29 is 19.4 Å². The fourth-order valence-electron chi connectivity index (χ4n) is 1.31. The topological polar surface area (TPSA) is 87.4 Å². The van der Waals surface area contributed by atoms with Crippen LogP contribution in [-0.4, -0.2) is 23.7 Å². The van der Waals surface area contributed by atoms with Crippen molar-refractivity contribution in [2.45, 2.75) is 51.4 Å². The van der Waals surface area contributed by atoms with Gasteiger partial charge >= 0.3 is 11.9 Å². The van der Waals surface area contributed by atoms with Crippen molar-refractivity contribution in [1.29, 1.82) is 5.26 Å². The van der Waals surface area contributed by atoms with E-state index in [1.807, 2.05) is 6.07 Å². The molecule has 0 spiro atoms. The average Bonchev–Trinajstić information content (AvgIpc) is 2.29. The first-order valence-electron chi connectivity index (χ1n) is 5.91. The minimum absolute atomic E-state index is 0.193. The molecule has 5 heteroatoms. The summed E-state index contributed by atoms with van der Waals surface area (Å²) in [6, 6.07) is 1.98. The van der Waals surface area contributed by atoms with Gasteiger partial charge in [-0.1, -0.05) is 12.8 Å². The number of nitriles is 1. The van der Waals surface area contributed by atoms with Crippen LogP contribution in [0, 0.1) is 11.3 Å². The molecular weight excluding hydrogens is 222 g/mol. The van der Waals surface area contributed by atoms with E-state index in [9.17, 15) is 9.59 Å². The Bertz CT molecular complexity index is 270. The number of aliphatic carboxylic acids is 1. The van der Waals surface area contributed by atoms with Crippen molar-refractivity contribution in [2.24, 2.45) is 0 Å². The summed E-state index contributed by atoms with van der Waals surface area (Å²) < 4.78 is 4.90. The lowest BCUT2D eigenvalue weighted by Gasteiger charge is -2.03. The molecule has 0 saturated heterocycles. The van der Waals surface area contributed by atoms with E-state index in [4.69, 9.17) is 15.1 Å². The van der Waals surface area contributed by atoms with Crippen molar-refractivity contribution in [3.63, 3.8) is 0 Å². The maximum Gasteiger partial charge on any atom is 0.305 e. The first-order chi connectivity index (χ1) is 8.16. The molecule has 0 bridgehead atoms. The number of nitrogens with zero attached hydrogens (tertiary/aromatic N) is 1. The van der Waals surface area contributed by atoms with Gasteiger partial charge in [0.1, 0.15) is 0 Å².